The number of methoxy groups -OCH3 is 1. The highest BCUT2D eigenvalue weighted by Crippen LogP contribution is 2.02. The molecule has 1 saturated heterocycles. The van der Waals surface area contributed by atoms with Gasteiger partial charge in [0.25, 0.3) is 0 Å². The zero-order valence-electron chi connectivity index (χ0n) is 8.45. The molecule has 0 radical (unpaired) electrons. The summed E-state index contributed by atoms with van der Waals surface area (Å²) in [4.78, 5) is 0. The van der Waals surface area contributed by atoms with Crippen molar-refractivity contribution in [2.75, 3.05) is 32.6 Å². The topological polar surface area (TPSA) is 67.4 Å². The van der Waals surface area contributed by atoms with Crippen LogP contribution in [0.2, 0.25) is 0 Å². The molecule has 14 heavy (non-hydrogen) atoms. The summed E-state index contributed by atoms with van der Waals surface area (Å²) in [6.45, 7) is 1.96. The van der Waals surface area contributed by atoms with Crippen LogP contribution in [0.25, 0.3) is 0 Å². The quantitative estimate of drug-likeness (QED) is 0.646. The molecule has 6 heteroatoms. The Kier molecular flexibility index (Phi) is 4.80. The second-order valence-corrected chi connectivity index (χ2v) is 5.35. The lowest BCUT2D eigenvalue weighted by atomic mass is 10.1. The minimum absolute atomic E-state index is 0.0417. The van der Waals surface area contributed by atoms with Crippen LogP contribution in [0.15, 0.2) is 0 Å². The maximum Gasteiger partial charge on any atom is 0.214 e. The fourth-order valence-electron chi connectivity index (χ4n) is 1.46. The lowest BCUT2D eigenvalue weighted by Gasteiger charge is -2.23. The highest BCUT2D eigenvalue weighted by Gasteiger charge is 2.19. The largest absolute Gasteiger partial charge is 0.384 e. The zero-order chi connectivity index (χ0) is 10.4. The molecule has 1 rings (SSSR count). The third kappa shape index (κ3) is 4.36. The highest BCUT2D eigenvalue weighted by molar-refractivity contribution is 7.89. The minimum atomic E-state index is -3.16. The molecule has 1 fully saturated rings. The summed E-state index contributed by atoms with van der Waals surface area (Å²) in [5.41, 5.74) is 0. The third-order valence-electron chi connectivity index (χ3n) is 2.20. The van der Waals surface area contributed by atoms with Gasteiger partial charge in [-0.1, -0.05) is 0 Å². The first-order valence-electron chi connectivity index (χ1n) is 4.84. The van der Waals surface area contributed by atoms with E-state index >= 15 is 0 Å². The van der Waals surface area contributed by atoms with E-state index in [1.54, 1.807) is 0 Å². The first-order valence-corrected chi connectivity index (χ1v) is 6.49. The maximum absolute atomic E-state index is 11.4. The zero-order valence-corrected chi connectivity index (χ0v) is 9.27. The molecule has 1 aliphatic heterocycles. The molecule has 0 saturated carbocycles. The van der Waals surface area contributed by atoms with E-state index in [-0.39, 0.29) is 18.4 Å². The second kappa shape index (κ2) is 5.65. The Morgan fingerprint density at radius 3 is 2.93 bits per heavy atom. The number of rotatable bonds is 5. The van der Waals surface area contributed by atoms with E-state index in [1.165, 1.54) is 7.11 Å². The fourth-order valence-corrected chi connectivity index (χ4v) is 2.67. The lowest BCUT2D eigenvalue weighted by molar-refractivity contribution is 0.216. The molecule has 0 bridgehead atoms. The van der Waals surface area contributed by atoms with E-state index in [0.717, 1.165) is 25.9 Å². The van der Waals surface area contributed by atoms with Gasteiger partial charge in [-0.2, -0.15) is 0 Å². The molecule has 2 N–H and O–H groups in total. The van der Waals surface area contributed by atoms with E-state index in [9.17, 15) is 8.42 Å². The molecule has 1 aliphatic rings. The Morgan fingerprint density at radius 1 is 1.57 bits per heavy atom. The first kappa shape index (κ1) is 11.9. The number of piperidine rings is 1. The van der Waals surface area contributed by atoms with Crippen LogP contribution in [0.5, 0.6) is 0 Å². The molecule has 0 spiro atoms. The van der Waals surface area contributed by atoms with Crippen molar-refractivity contribution in [1.29, 1.82) is 0 Å². The van der Waals surface area contributed by atoms with E-state index < -0.39 is 10.0 Å². The summed E-state index contributed by atoms with van der Waals surface area (Å²) in [6, 6.07) is 0.0469. The van der Waals surface area contributed by atoms with E-state index in [1.807, 2.05) is 0 Å². The van der Waals surface area contributed by atoms with Gasteiger partial charge >= 0.3 is 0 Å². The number of hydrogen-bond acceptors (Lipinski definition) is 4. The SMILES string of the molecule is COCCS(=O)(=O)N[C@@H]1CCCNC1. The summed E-state index contributed by atoms with van der Waals surface area (Å²) in [5, 5.41) is 3.16. The summed E-state index contributed by atoms with van der Waals surface area (Å²) < 4.78 is 30.3. The predicted molar refractivity (Wildman–Crippen MR) is 54.7 cm³/mol. The Bertz CT molecular complexity index is 247. The minimum Gasteiger partial charge on any atom is -0.384 e. The van der Waals surface area contributed by atoms with Gasteiger partial charge in [-0.15, -0.1) is 0 Å². The number of nitrogens with one attached hydrogen (secondary N) is 2. The molecular weight excluding hydrogens is 204 g/mol. The summed E-state index contributed by atoms with van der Waals surface area (Å²) in [6.07, 6.45) is 1.94. The van der Waals surface area contributed by atoms with Gasteiger partial charge in [0.1, 0.15) is 0 Å². The van der Waals surface area contributed by atoms with Crippen LogP contribution in [0, 0.1) is 0 Å². The van der Waals surface area contributed by atoms with Crippen LogP contribution >= 0.6 is 0 Å². The van der Waals surface area contributed by atoms with Crippen LogP contribution in [0.3, 0.4) is 0 Å². The predicted octanol–water partition coefficient (Wildman–Crippen LogP) is -0.696. The molecule has 0 unspecified atom stereocenters. The number of hydrogen-bond donors (Lipinski definition) is 2. The average molecular weight is 222 g/mol. The van der Waals surface area contributed by atoms with Gasteiger partial charge in [0.2, 0.25) is 10.0 Å². The molecule has 84 valence electrons. The summed E-state index contributed by atoms with van der Waals surface area (Å²) in [7, 11) is -1.66. The van der Waals surface area contributed by atoms with Gasteiger partial charge < -0.3 is 10.1 Å². The van der Waals surface area contributed by atoms with Crippen LogP contribution in [0.4, 0.5) is 0 Å². The standard InChI is InChI=1S/C8H18N2O3S/c1-13-5-6-14(11,12)10-8-3-2-4-9-7-8/h8-10H,2-7H2,1H3/t8-/m1/s1. The van der Waals surface area contributed by atoms with Crippen LogP contribution < -0.4 is 10.0 Å². The molecule has 5 nitrogen and oxygen atoms in total. The molecule has 1 heterocycles. The van der Waals surface area contributed by atoms with Crippen LogP contribution in [-0.2, 0) is 14.8 Å². The summed E-state index contributed by atoms with van der Waals surface area (Å²) >= 11 is 0. The number of sulfonamides is 1. The van der Waals surface area contributed by atoms with Crippen molar-refractivity contribution >= 4 is 10.0 Å². The van der Waals surface area contributed by atoms with Crippen LogP contribution in [0.1, 0.15) is 12.8 Å². The lowest BCUT2D eigenvalue weighted by Crippen LogP contribution is -2.46. The van der Waals surface area contributed by atoms with Crippen molar-refractivity contribution in [3.05, 3.63) is 0 Å². The van der Waals surface area contributed by atoms with E-state index in [0.29, 0.717) is 0 Å². The van der Waals surface area contributed by atoms with Crippen molar-refractivity contribution in [2.24, 2.45) is 0 Å². The average Bonchev–Trinajstić information content (AvgIpc) is 2.16. The first-order chi connectivity index (χ1) is 6.64. The van der Waals surface area contributed by atoms with E-state index in [4.69, 9.17) is 4.74 Å². The van der Waals surface area contributed by atoms with Crippen molar-refractivity contribution in [2.45, 2.75) is 18.9 Å². The monoisotopic (exact) mass is 222 g/mol. The molecule has 0 aromatic rings. The number of ether oxygens (including phenoxy) is 1. The Morgan fingerprint density at radius 2 is 2.36 bits per heavy atom. The Labute approximate surface area is 85.3 Å². The fraction of sp³-hybridized carbons (Fsp3) is 1.00. The van der Waals surface area contributed by atoms with Gasteiger partial charge in [0, 0.05) is 19.7 Å². The second-order valence-electron chi connectivity index (χ2n) is 3.47. The molecular formula is C8H18N2O3S. The van der Waals surface area contributed by atoms with Gasteiger partial charge in [0.05, 0.1) is 12.4 Å². The molecule has 1 atom stereocenters. The third-order valence-corrected chi connectivity index (χ3v) is 3.60. The molecule has 0 aromatic carbocycles. The van der Waals surface area contributed by atoms with Crippen molar-refractivity contribution in [3.8, 4) is 0 Å². The van der Waals surface area contributed by atoms with Gasteiger partial charge in [-0.25, -0.2) is 13.1 Å². The van der Waals surface area contributed by atoms with Crippen LogP contribution in [-0.4, -0.2) is 47.0 Å². The van der Waals surface area contributed by atoms with E-state index in [2.05, 4.69) is 10.0 Å². The van der Waals surface area contributed by atoms with Gasteiger partial charge in [0.15, 0.2) is 0 Å². The van der Waals surface area contributed by atoms with Crippen molar-refractivity contribution in [1.82, 2.24) is 10.0 Å². The molecule has 0 aliphatic carbocycles. The van der Waals surface area contributed by atoms with Gasteiger partial charge in [-0.3, -0.25) is 0 Å². The summed E-state index contributed by atoms with van der Waals surface area (Å²) in [5.74, 6) is 0.0417. The Hall–Kier alpha value is -0.170. The highest BCUT2D eigenvalue weighted by atomic mass is 32.2. The normalized spacial score (nSPS) is 23.6. The molecule has 0 amide bonds. The van der Waals surface area contributed by atoms with Crippen molar-refractivity contribution < 1.29 is 13.2 Å². The van der Waals surface area contributed by atoms with Crippen molar-refractivity contribution in [3.63, 3.8) is 0 Å². The smallest absolute Gasteiger partial charge is 0.214 e. The maximum atomic E-state index is 11.4. The van der Waals surface area contributed by atoms with Gasteiger partial charge in [-0.05, 0) is 19.4 Å². The Balaban J connectivity index is 2.33. The molecule has 0 aromatic heterocycles.